The number of rotatable bonds is 11. The molecule has 5 rings (SSSR count). The van der Waals surface area contributed by atoms with Crippen LogP contribution in [0.4, 0.5) is 0 Å². The second kappa shape index (κ2) is 15.2. The Labute approximate surface area is 294 Å². The van der Waals surface area contributed by atoms with Crippen molar-refractivity contribution in [3.63, 3.8) is 0 Å². The summed E-state index contributed by atoms with van der Waals surface area (Å²) < 4.78 is 30.1. The number of nitrogens with zero attached hydrogens (tertiary/aromatic N) is 2. The molecule has 2 heterocycles. The number of ether oxygens (including phenoxy) is 5. The number of hydrogen-bond donors (Lipinski definition) is 0. The van der Waals surface area contributed by atoms with Crippen LogP contribution in [-0.2, 0) is 20.9 Å². The molecule has 0 saturated heterocycles. The van der Waals surface area contributed by atoms with Crippen LogP contribution in [0.15, 0.2) is 80.1 Å². The van der Waals surface area contributed by atoms with Crippen LogP contribution >= 0.6 is 38.9 Å². The lowest BCUT2D eigenvalue weighted by Gasteiger charge is -2.26. The molecule has 0 fully saturated rings. The number of aromatic nitrogens is 1. The van der Waals surface area contributed by atoms with Crippen molar-refractivity contribution in [2.45, 2.75) is 33.4 Å². The summed E-state index contributed by atoms with van der Waals surface area (Å²) >= 11 is 11.2. The van der Waals surface area contributed by atoms with Gasteiger partial charge < -0.3 is 23.7 Å². The van der Waals surface area contributed by atoms with Crippen molar-refractivity contribution in [2.24, 2.45) is 4.99 Å². The van der Waals surface area contributed by atoms with Gasteiger partial charge in [0.2, 0.25) is 0 Å². The van der Waals surface area contributed by atoms with Gasteiger partial charge in [-0.3, -0.25) is 9.36 Å². The van der Waals surface area contributed by atoms with E-state index in [1.54, 1.807) is 81.4 Å². The van der Waals surface area contributed by atoms with Gasteiger partial charge in [0.1, 0.15) is 12.4 Å². The van der Waals surface area contributed by atoms with Gasteiger partial charge in [-0.15, -0.1) is 0 Å². The molecule has 13 heteroatoms. The molecule has 1 aliphatic heterocycles. The molecule has 0 bridgehead atoms. The third-order valence-corrected chi connectivity index (χ3v) is 9.34. The number of hydrogen-bond acceptors (Lipinski definition) is 10. The van der Waals surface area contributed by atoms with Crippen molar-refractivity contribution in [3.05, 3.63) is 117 Å². The Morgan fingerprint density at radius 1 is 0.958 bits per heavy atom. The van der Waals surface area contributed by atoms with Crippen molar-refractivity contribution in [1.29, 1.82) is 0 Å². The van der Waals surface area contributed by atoms with Crippen LogP contribution in [0, 0.1) is 0 Å². The highest BCUT2D eigenvalue weighted by Gasteiger charge is 2.35. The average molecular weight is 756 g/mol. The van der Waals surface area contributed by atoms with E-state index in [0.29, 0.717) is 65.1 Å². The maximum absolute atomic E-state index is 14.3. The highest BCUT2D eigenvalue weighted by molar-refractivity contribution is 9.10. The van der Waals surface area contributed by atoms with E-state index >= 15 is 0 Å². The number of allylic oxidation sites excluding steroid dienone is 1. The molecule has 1 atom stereocenters. The minimum absolute atomic E-state index is 0.146. The summed E-state index contributed by atoms with van der Waals surface area (Å²) in [6.07, 6.45) is 1.69. The Balaban J connectivity index is 1.59. The Hall–Kier alpha value is -4.39. The van der Waals surface area contributed by atoms with E-state index in [1.807, 2.05) is 0 Å². The lowest BCUT2D eigenvalue weighted by molar-refractivity contribution is -0.139. The van der Waals surface area contributed by atoms with Crippen LogP contribution in [0.3, 0.4) is 0 Å². The molecule has 250 valence electrons. The normalized spacial score (nSPS) is 14.2. The molecule has 48 heavy (non-hydrogen) atoms. The molecule has 0 radical (unpaired) electrons. The first-order valence-corrected chi connectivity index (χ1v) is 16.9. The first kappa shape index (κ1) is 34.9. The zero-order chi connectivity index (χ0) is 34.5. The Morgan fingerprint density at radius 2 is 1.62 bits per heavy atom. The molecule has 3 aromatic carbocycles. The summed E-state index contributed by atoms with van der Waals surface area (Å²) in [4.78, 5) is 44.7. The van der Waals surface area contributed by atoms with Gasteiger partial charge in [0.25, 0.3) is 5.56 Å². The molecule has 0 aliphatic carbocycles. The van der Waals surface area contributed by atoms with E-state index in [0.717, 1.165) is 5.56 Å². The quantitative estimate of drug-likeness (QED) is 0.172. The highest BCUT2D eigenvalue weighted by Crippen LogP contribution is 2.41. The van der Waals surface area contributed by atoms with Crippen molar-refractivity contribution < 1.29 is 33.3 Å². The van der Waals surface area contributed by atoms with Crippen LogP contribution in [0.5, 0.6) is 17.2 Å². The van der Waals surface area contributed by atoms with Gasteiger partial charge in [-0.1, -0.05) is 51.0 Å². The molecule has 1 aliphatic rings. The van der Waals surface area contributed by atoms with Crippen LogP contribution in [-0.4, -0.2) is 43.9 Å². The predicted molar refractivity (Wildman–Crippen MR) is 186 cm³/mol. The van der Waals surface area contributed by atoms with E-state index in [4.69, 9.17) is 35.3 Å². The van der Waals surface area contributed by atoms with Crippen LogP contribution in [0.25, 0.3) is 6.08 Å². The SMILES string of the molecule is CCOC(=O)C1=C(C)N=c2s/c(=C\c3cc(Cl)ccc3OCc3ccc(C(=O)OCC)cc3)c(=O)n2[C@@H]1c1cc(OC)c(OC)cc1Br. The maximum Gasteiger partial charge on any atom is 0.338 e. The maximum atomic E-state index is 14.3. The van der Waals surface area contributed by atoms with Crippen molar-refractivity contribution in [2.75, 3.05) is 27.4 Å². The minimum Gasteiger partial charge on any atom is -0.493 e. The largest absolute Gasteiger partial charge is 0.493 e. The zero-order valence-electron chi connectivity index (χ0n) is 26.8. The number of fused-ring (bicyclic) bond motifs is 1. The van der Waals surface area contributed by atoms with Crippen LogP contribution in [0.2, 0.25) is 5.02 Å². The molecular formula is C35H32BrClN2O8S. The smallest absolute Gasteiger partial charge is 0.338 e. The number of halogens is 2. The molecule has 1 aromatic heterocycles. The standard InChI is InChI=1S/C35H32BrClN2O8S/c1-6-45-33(41)21-10-8-20(9-11-21)18-47-26-13-12-23(37)14-22(26)15-29-32(40)39-31(24-16-27(43-4)28(44-5)17-25(24)36)30(34(42)46-7-2)19(3)38-35(39)48-29/h8-17,31H,6-7,18H2,1-5H3/b29-15-/t31-/m1/s1. The van der Waals surface area contributed by atoms with E-state index in [1.165, 1.54) is 30.1 Å². The van der Waals surface area contributed by atoms with Gasteiger partial charge in [0.05, 0.1) is 54.8 Å². The Kier molecular flexibility index (Phi) is 11.1. The lowest BCUT2D eigenvalue weighted by atomic mass is 9.95. The Morgan fingerprint density at radius 3 is 2.29 bits per heavy atom. The lowest BCUT2D eigenvalue weighted by Crippen LogP contribution is -2.40. The predicted octanol–water partition coefficient (Wildman–Crippen LogP) is 5.99. The number of methoxy groups -OCH3 is 2. The molecule has 0 N–H and O–H groups in total. The summed E-state index contributed by atoms with van der Waals surface area (Å²) in [6.45, 7) is 5.82. The van der Waals surface area contributed by atoms with Gasteiger partial charge in [-0.05, 0) is 80.4 Å². The zero-order valence-corrected chi connectivity index (χ0v) is 30.0. The first-order chi connectivity index (χ1) is 23.1. The topological polar surface area (TPSA) is 115 Å². The summed E-state index contributed by atoms with van der Waals surface area (Å²) in [7, 11) is 3.04. The van der Waals surface area contributed by atoms with E-state index in [-0.39, 0.29) is 24.3 Å². The number of carbonyl (C=O) groups is 2. The number of esters is 2. The van der Waals surface area contributed by atoms with Crippen LogP contribution in [0.1, 0.15) is 53.9 Å². The van der Waals surface area contributed by atoms with Gasteiger partial charge in [-0.25, -0.2) is 14.6 Å². The third-order valence-electron chi connectivity index (χ3n) is 7.43. The molecule has 0 unspecified atom stereocenters. The van der Waals surface area contributed by atoms with Crippen LogP contribution < -0.4 is 29.1 Å². The molecule has 0 spiro atoms. The van der Waals surface area contributed by atoms with E-state index in [9.17, 15) is 14.4 Å². The molecule has 10 nitrogen and oxygen atoms in total. The number of benzene rings is 3. The van der Waals surface area contributed by atoms with Gasteiger partial charge in [0.15, 0.2) is 16.3 Å². The fourth-order valence-electron chi connectivity index (χ4n) is 5.18. The molecule has 4 aromatic rings. The van der Waals surface area contributed by atoms with Gasteiger partial charge in [0, 0.05) is 15.1 Å². The van der Waals surface area contributed by atoms with Crippen molar-refractivity contribution in [3.8, 4) is 17.2 Å². The number of carbonyl (C=O) groups excluding carboxylic acids is 2. The van der Waals surface area contributed by atoms with Crippen molar-refractivity contribution in [1.82, 2.24) is 4.57 Å². The van der Waals surface area contributed by atoms with E-state index < -0.39 is 18.0 Å². The summed E-state index contributed by atoms with van der Waals surface area (Å²) in [6, 6.07) is 14.6. The fourth-order valence-corrected chi connectivity index (χ4v) is 6.94. The minimum atomic E-state index is -0.885. The fraction of sp³-hybridized carbons (Fsp3) is 0.257. The monoisotopic (exact) mass is 754 g/mol. The van der Waals surface area contributed by atoms with E-state index in [2.05, 4.69) is 20.9 Å². The first-order valence-electron chi connectivity index (χ1n) is 14.9. The summed E-state index contributed by atoms with van der Waals surface area (Å²) in [5, 5.41) is 0.452. The Bertz CT molecular complexity index is 2090. The molecular weight excluding hydrogens is 724 g/mol. The second-order valence-corrected chi connectivity index (χ2v) is 12.7. The second-order valence-electron chi connectivity index (χ2n) is 10.4. The summed E-state index contributed by atoms with van der Waals surface area (Å²) in [5.41, 5.74) is 2.70. The number of thiazole rings is 1. The average Bonchev–Trinajstić information content (AvgIpc) is 3.37. The third kappa shape index (κ3) is 7.20. The van der Waals surface area contributed by atoms with Crippen molar-refractivity contribution >= 4 is 56.9 Å². The molecule has 0 amide bonds. The molecule has 0 saturated carbocycles. The highest BCUT2D eigenvalue weighted by atomic mass is 79.9. The van der Waals surface area contributed by atoms with Gasteiger partial charge in [-0.2, -0.15) is 0 Å². The summed E-state index contributed by atoms with van der Waals surface area (Å²) in [5.74, 6) is 0.411. The van der Waals surface area contributed by atoms with Gasteiger partial charge >= 0.3 is 11.9 Å².